The van der Waals surface area contributed by atoms with Crippen molar-refractivity contribution in [2.45, 2.75) is 6.54 Å². The van der Waals surface area contributed by atoms with E-state index in [-0.39, 0.29) is 10.9 Å². The van der Waals surface area contributed by atoms with Crippen molar-refractivity contribution in [3.05, 3.63) is 88.7 Å². The third-order valence-electron chi connectivity index (χ3n) is 4.44. The largest absolute Gasteiger partial charge is 0.325 e. The third-order valence-corrected chi connectivity index (χ3v) is 4.44. The number of fused-ring (bicyclic) bond motifs is 1. The second-order valence-corrected chi connectivity index (χ2v) is 7.01. The highest BCUT2D eigenvalue weighted by molar-refractivity contribution is 5.80. The highest BCUT2D eigenvalue weighted by Crippen LogP contribution is 2.21. The summed E-state index contributed by atoms with van der Waals surface area (Å²) in [5, 5.41) is 3.42. The summed E-state index contributed by atoms with van der Waals surface area (Å²) in [6, 6.07) is 15.4. The number of benzene rings is 2. The average molecular weight is 389 g/mol. The SMILES string of the molecule is CN(C)Cc1ccc(Nc2nc3ccc(F)cc3c(=O)n2-c2cccnc2)cc1. The van der Waals surface area contributed by atoms with Gasteiger partial charge in [0.1, 0.15) is 5.82 Å². The van der Waals surface area contributed by atoms with Crippen molar-refractivity contribution < 1.29 is 4.39 Å². The van der Waals surface area contributed by atoms with Gasteiger partial charge in [0.05, 0.1) is 22.8 Å². The van der Waals surface area contributed by atoms with E-state index < -0.39 is 5.82 Å². The molecule has 4 aromatic rings. The van der Waals surface area contributed by atoms with Crippen LogP contribution in [0.3, 0.4) is 0 Å². The van der Waals surface area contributed by atoms with Gasteiger partial charge in [0.15, 0.2) is 0 Å². The van der Waals surface area contributed by atoms with E-state index in [1.807, 2.05) is 38.4 Å². The molecule has 0 aliphatic rings. The molecule has 7 heteroatoms. The van der Waals surface area contributed by atoms with Crippen molar-refractivity contribution in [1.29, 1.82) is 0 Å². The van der Waals surface area contributed by atoms with Gasteiger partial charge in [0, 0.05) is 18.4 Å². The molecule has 0 bridgehead atoms. The molecule has 0 spiro atoms. The van der Waals surface area contributed by atoms with Crippen LogP contribution in [0.25, 0.3) is 16.6 Å². The number of hydrogen-bond acceptors (Lipinski definition) is 5. The lowest BCUT2D eigenvalue weighted by atomic mass is 10.2. The monoisotopic (exact) mass is 389 g/mol. The molecule has 1 N–H and O–H groups in total. The number of nitrogens with one attached hydrogen (secondary N) is 1. The summed E-state index contributed by atoms with van der Waals surface area (Å²) in [5.74, 6) is -0.145. The Morgan fingerprint density at radius 1 is 1.10 bits per heavy atom. The van der Waals surface area contributed by atoms with Crippen LogP contribution in [0.1, 0.15) is 5.56 Å². The van der Waals surface area contributed by atoms with Crippen molar-refractivity contribution in [3.63, 3.8) is 0 Å². The van der Waals surface area contributed by atoms with Crippen LogP contribution in [-0.2, 0) is 6.54 Å². The van der Waals surface area contributed by atoms with Crippen molar-refractivity contribution in [3.8, 4) is 5.69 Å². The van der Waals surface area contributed by atoms with Gasteiger partial charge >= 0.3 is 0 Å². The molecule has 2 heterocycles. The van der Waals surface area contributed by atoms with Crippen LogP contribution in [0.15, 0.2) is 71.8 Å². The van der Waals surface area contributed by atoms with Gasteiger partial charge in [-0.25, -0.2) is 13.9 Å². The molecule has 0 amide bonds. The predicted octanol–water partition coefficient (Wildman–Crippen LogP) is 3.73. The summed E-state index contributed by atoms with van der Waals surface area (Å²) in [4.78, 5) is 23.9. The van der Waals surface area contributed by atoms with Crippen LogP contribution >= 0.6 is 0 Å². The molecule has 0 fully saturated rings. The third kappa shape index (κ3) is 4.00. The zero-order valence-corrected chi connectivity index (χ0v) is 16.1. The van der Waals surface area contributed by atoms with Crippen molar-refractivity contribution in [1.82, 2.24) is 19.4 Å². The quantitative estimate of drug-likeness (QED) is 0.564. The van der Waals surface area contributed by atoms with Crippen LogP contribution in [0.2, 0.25) is 0 Å². The Morgan fingerprint density at radius 3 is 2.59 bits per heavy atom. The lowest BCUT2D eigenvalue weighted by molar-refractivity contribution is 0.402. The minimum Gasteiger partial charge on any atom is -0.325 e. The normalized spacial score (nSPS) is 11.2. The minimum absolute atomic E-state index is 0.209. The summed E-state index contributed by atoms with van der Waals surface area (Å²) in [7, 11) is 4.03. The van der Waals surface area contributed by atoms with Crippen molar-refractivity contribution >= 4 is 22.5 Å². The summed E-state index contributed by atoms with van der Waals surface area (Å²) in [5.41, 5.74) is 2.56. The number of hydrogen-bond donors (Lipinski definition) is 1. The average Bonchev–Trinajstić information content (AvgIpc) is 2.71. The molecule has 146 valence electrons. The fraction of sp³-hybridized carbons (Fsp3) is 0.136. The molecule has 6 nitrogen and oxygen atoms in total. The Bertz CT molecular complexity index is 1200. The number of aromatic nitrogens is 3. The zero-order valence-electron chi connectivity index (χ0n) is 16.1. The number of anilines is 2. The van der Waals surface area contributed by atoms with E-state index in [0.29, 0.717) is 17.2 Å². The number of nitrogens with zero attached hydrogens (tertiary/aromatic N) is 4. The topological polar surface area (TPSA) is 63.1 Å². The van der Waals surface area contributed by atoms with Crippen LogP contribution in [0.5, 0.6) is 0 Å². The number of pyridine rings is 1. The van der Waals surface area contributed by atoms with Crippen LogP contribution < -0.4 is 10.9 Å². The summed E-state index contributed by atoms with van der Waals surface area (Å²) in [6.45, 7) is 0.834. The maximum atomic E-state index is 13.7. The molecule has 4 rings (SSSR count). The lowest BCUT2D eigenvalue weighted by Crippen LogP contribution is -2.23. The van der Waals surface area contributed by atoms with Gasteiger partial charge in [-0.1, -0.05) is 12.1 Å². The highest BCUT2D eigenvalue weighted by atomic mass is 19.1. The Kier molecular flexibility index (Phi) is 5.05. The van der Waals surface area contributed by atoms with Crippen LogP contribution in [-0.4, -0.2) is 33.5 Å². The fourth-order valence-corrected chi connectivity index (χ4v) is 3.15. The zero-order chi connectivity index (χ0) is 20.4. The summed E-state index contributed by atoms with van der Waals surface area (Å²) >= 11 is 0. The second-order valence-electron chi connectivity index (χ2n) is 7.01. The molecule has 0 saturated carbocycles. The first kappa shape index (κ1) is 18.8. The van der Waals surface area contributed by atoms with Gasteiger partial charge in [0.25, 0.3) is 5.56 Å². The maximum absolute atomic E-state index is 13.7. The smallest absolute Gasteiger partial charge is 0.267 e. The molecular weight excluding hydrogens is 369 g/mol. The van der Waals surface area contributed by atoms with E-state index in [4.69, 9.17) is 0 Å². The maximum Gasteiger partial charge on any atom is 0.267 e. The highest BCUT2D eigenvalue weighted by Gasteiger charge is 2.14. The molecule has 2 aromatic carbocycles. The summed E-state index contributed by atoms with van der Waals surface area (Å²) in [6.07, 6.45) is 3.19. The number of halogens is 1. The van der Waals surface area contributed by atoms with Crippen molar-refractivity contribution in [2.24, 2.45) is 0 Å². The first-order chi connectivity index (χ1) is 14.0. The van der Waals surface area contributed by atoms with E-state index in [2.05, 4.69) is 20.2 Å². The van der Waals surface area contributed by atoms with Gasteiger partial charge in [-0.2, -0.15) is 0 Å². The van der Waals surface area contributed by atoms with E-state index in [0.717, 1.165) is 12.2 Å². The second kappa shape index (κ2) is 7.81. The standard InChI is InChI=1S/C22H20FN5O/c1-27(2)14-15-5-8-17(9-6-15)25-22-26-20-10-7-16(23)12-19(20)21(29)28(22)18-4-3-11-24-13-18/h3-13H,14H2,1-2H3,(H,25,26). The number of rotatable bonds is 5. The molecule has 0 aliphatic carbocycles. The van der Waals surface area contributed by atoms with Crippen molar-refractivity contribution in [2.75, 3.05) is 19.4 Å². The molecule has 0 saturated heterocycles. The Balaban J connectivity index is 1.82. The predicted molar refractivity (Wildman–Crippen MR) is 112 cm³/mol. The molecule has 2 aromatic heterocycles. The van der Waals surface area contributed by atoms with E-state index in [9.17, 15) is 9.18 Å². The Labute approximate surface area is 167 Å². The van der Waals surface area contributed by atoms with E-state index in [1.54, 1.807) is 24.5 Å². The van der Waals surface area contributed by atoms with Gasteiger partial charge in [0.2, 0.25) is 5.95 Å². The fourth-order valence-electron chi connectivity index (χ4n) is 3.15. The van der Waals surface area contributed by atoms with E-state index in [1.165, 1.54) is 28.3 Å². The first-order valence-corrected chi connectivity index (χ1v) is 9.15. The molecular formula is C22H20FN5O. The molecule has 0 radical (unpaired) electrons. The van der Waals surface area contributed by atoms with Gasteiger partial charge in [-0.15, -0.1) is 0 Å². The summed E-state index contributed by atoms with van der Waals surface area (Å²) < 4.78 is 15.1. The van der Waals surface area contributed by atoms with E-state index >= 15 is 0 Å². The molecule has 0 aliphatic heterocycles. The van der Waals surface area contributed by atoms with Gasteiger partial charge < -0.3 is 10.2 Å². The van der Waals surface area contributed by atoms with Gasteiger partial charge in [-0.05, 0) is 62.1 Å². The molecule has 0 unspecified atom stereocenters. The van der Waals surface area contributed by atoms with Gasteiger partial charge in [-0.3, -0.25) is 9.78 Å². The van der Waals surface area contributed by atoms with Crippen LogP contribution in [0.4, 0.5) is 16.0 Å². The Hall–Kier alpha value is -3.58. The minimum atomic E-state index is -0.480. The first-order valence-electron chi connectivity index (χ1n) is 9.15. The molecule has 0 atom stereocenters. The molecule has 29 heavy (non-hydrogen) atoms. The Morgan fingerprint density at radius 2 is 1.90 bits per heavy atom. The lowest BCUT2D eigenvalue weighted by Gasteiger charge is -2.15. The van der Waals surface area contributed by atoms with Crippen LogP contribution in [0, 0.1) is 5.82 Å².